The van der Waals surface area contributed by atoms with Crippen molar-refractivity contribution >= 4 is 46.3 Å². The van der Waals surface area contributed by atoms with E-state index in [1.807, 2.05) is 0 Å². The molecule has 110 valence electrons. The Morgan fingerprint density at radius 2 is 2.00 bits per heavy atom. The van der Waals surface area contributed by atoms with Crippen LogP contribution in [-0.2, 0) is 9.59 Å². The second kappa shape index (κ2) is 5.86. The first-order valence-electron chi connectivity index (χ1n) is 5.42. The van der Waals surface area contributed by atoms with Crippen molar-refractivity contribution in [2.45, 2.75) is 0 Å². The average molecular weight is 333 g/mol. The van der Waals surface area contributed by atoms with E-state index in [1.54, 1.807) is 0 Å². The lowest BCUT2D eigenvalue weighted by molar-refractivity contribution is -0.140. The lowest BCUT2D eigenvalue weighted by atomic mass is 10.2. The molecule has 4 nitrogen and oxygen atoms in total. The van der Waals surface area contributed by atoms with Crippen LogP contribution < -0.4 is 0 Å². The summed E-state index contributed by atoms with van der Waals surface area (Å²) in [5.41, 5.74) is -0.329. The van der Waals surface area contributed by atoms with E-state index in [4.69, 9.17) is 17.3 Å². The van der Waals surface area contributed by atoms with Crippen molar-refractivity contribution in [3.63, 3.8) is 0 Å². The predicted molar refractivity (Wildman–Crippen MR) is 73.8 cm³/mol. The Balaban J connectivity index is 2.35. The second-order valence-electron chi connectivity index (χ2n) is 3.93. The summed E-state index contributed by atoms with van der Waals surface area (Å²) in [4.78, 5) is 23.3. The van der Waals surface area contributed by atoms with E-state index in [1.165, 1.54) is 0 Å². The minimum absolute atomic E-state index is 0.00311. The fourth-order valence-corrected chi connectivity index (χ4v) is 2.81. The van der Waals surface area contributed by atoms with Crippen molar-refractivity contribution in [2.24, 2.45) is 0 Å². The van der Waals surface area contributed by atoms with Crippen molar-refractivity contribution in [1.29, 1.82) is 0 Å². The van der Waals surface area contributed by atoms with Crippen LogP contribution in [0.15, 0.2) is 17.0 Å². The first kappa shape index (κ1) is 15.5. The molecule has 1 amide bonds. The van der Waals surface area contributed by atoms with Gasteiger partial charge in [0, 0.05) is 5.56 Å². The van der Waals surface area contributed by atoms with Gasteiger partial charge < -0.3 is 5.11 Å². The molecule has 1 saturated heterocycles. The summed E-state index contributed by atoms with van der Waals surface area (Å²) in [6.45, 7) is -0.623. The summed E-state index contributed by atoms with van der Waals surface area (Å²) in [6, 6.07) is 1.69. The first-order valence-corrected chi connectivity index (χ1v) is 6.64. The standard InChI is InChI=1S/C12H6F3NO3S2/c13-6-2-1-5(9(14)10(6)15)3-7-11(19)16(4-8(17)18)12(20)21-7/h1-3H,4H2,(H,17,18)/b7-3-. The fraction of sp³-hybridized carbons (Fsp3) is 0.0833. The van der Waals surface area contributed by atoms with E-state index in [0.717, 1.165) is 34.9 Å². The third kappa shape index (κ3) is 3.08. The molecule has 1 heterocycles. The Morgan fingerprint density at radius 3 is 2.62 bits per heavy atom. The van der Waals surface area contributed by atoms with Crippen LogP contribution in [0.2, 0.25) is 0 Å². The third-order valence-electron chi connectivity index (χ3n) is 2.52. The molecule has 21 heavy (non-hydrogen) atoms. The van der Waals surface area contributed by atoms with E-state index in [0.29, 0.717) is 0 Å². The highest BCUT2D eigenvalue weighted by Gasteiger charge is 2.33. The Labute approximate surface area is 126 Å². The van der Waals surface area contributed by atoms with Crippen molar-refractivity contribution in [1.82, 2.24) is 4.90 Å². The summed E-state index contributed by atoms with van der Waals surface area (Å²) in [7, 11) is 0. The van der Waals surface area contributed by atoms with Gasteiger partial charge in [0.05, 0.1) is 4.91 Å². The SMILES string of the molecule is O=C(O)CN1C(=O)/C(=C/c2ccc(F)c(F)c2F)SC1=S. The molecule has 0 radical (unpaired) electrons. The number of amides is 1. The summed E-state index contributed by atoms with van der Waals surface area (Å²) in [6.07, 6.45) is 0.999. The van der Waals surface area contributed by atoms with Crippen LogP contribution in [0, 0.1) is 17.5 Å². The van der Waals surface area contributed by atoms with Gasteiger partial charge in [0.25, 0.3) is 5.91 Å². The van der Waals surface area contributed by atoms with Crippen molar-refractivity contribution < 1.29 is 27.9 Å². The number of thiocarbonyl (C=S) groups is 1. The highest BCUT2D eigenvalue weighted by Crippen LogP contribution is 2.33. The molecule has 1 fully saturated rings. The van der Waals surface area contributed by atoms with Gasteiger partial charge in [0.2, 0.25) is 0 Å². The second-order valence-corrected chi connectivity index (χ2v) is 5.60. The maximum absolute atomic E-state index is 13.5. The monoisotopic (exact) mass is 333 g/mol. The topological polar surface area (TPSA) is 57.6 Å². The van der Waals surface area contributed by atoms with Crippen LogP contribution in [0.3, 0.4) is 0 Å². The van der Waals surface area contributed by atoms with Crippen LogP contribution >= 0.6 is 24.0 Å². The number of rotatable bonds is 3. The number of benzene rings is 1. The van der Waals surface area contributed by atoms with E-state index in [9.17, 15) is 22.8 Å². The van der Waals surface area contributed by atoms with Gasteiger partial charge in [0.15, 0.2) is 17.5 Å². The van der Waals surface area contributed by atoms with Gasteiger partial charge in [-0.2, -0.15) is 0 Å². The van der Waals surface area contributed by atoms with Crippen LogP contribution in [0.25, 0.3) is 6.08 Å². The first-order chi connectivity index (χ1) is 9.81. The zero-order valence-corrected chi connectivity index (χ0v) is 11.7. The number of carbonyl (C=O) groups excluding carboxylic acids is 1. The molecule has 1 aliphatic heterocycles. The minimum Gasteiger partial charge on any atom is -0.480 e. The predicted octanol–water partition coefficient (Wildman–Crippen LogP) is 2.39. The molecular formula is C12H6F3NO3S2. The summed E-state index contributed by atoms with van der Waals surface area (Å²) in [5.74, 6) is -6.41. The van der Waals surface area contributed by atoms with Crippen molar-refractivity contribution in [3.8, 4) is 0 Å². The number of carboxylic acids is 1. The summed E-state index contributed by atoms with van der Waals surface area (Å²) in [5, 5.41) is 8.66. The maximum Gasteiger partial charge on any atom is 0.323 e. The number of aliphatic carboxylic acids is 1. The lowest BCUT2D eigenvalue weighted by Crippen LogP contribution is -2.33. The molecule has 1 aliphatic rings. The van der Waals surface area contributed by atoms with Gasteiger partial charge in [-0.15, -0.1) is 0 Å². The van der Waals surface area contributed by atoms with Gasteiger partial charge in [0.1, 0.15) is 10.9 Å². The smallest absolute Gasteiger partial charge is 0.323 e. The van der Waals surface area contributed by atoms with E-state index < -0.39 is 35.9 Å². The average Bonchev–Trinajstić information content (AvgIpc) is 2.67. The lowest BCUT2D eigenvalue weighted by Gasteiger charge is -2.10. The third-order valence-corrected chi connectivity index (χ3v) is 3.90. The molecule has 0 atom stereocenters. The van der Waals surface area contributed by atoms with E-state index in [-0.39, 0.29) is 14.8 Å². The highest BCUT2D eigenvalue weighted by atomic mass is 32.2. The number of thioether (sulfide) groups is 1. The van der Waals surface area contributed by atoms with Gasteiger partial charge >= 0.3 is 5.97 Å². The van der Waals surface area contributed by atoms with Crippen LogP contribution in [0.1, 0.15) is 5.56 Å². The van der Waals surface area contributed by atoms with Crippen LogP contribution in [0.5, 0.6) is 0 Å². The van der Waals surface area contributed by atoms with Crippen molar-refractivity contribution in [2.75, 3.05) is 6.54 Å². The summed E-state index contributed by atoms with van der Waals surface area (Å²) >= 11 is 5.60. The quantitative estimate of drug-likeness (QED) is 0.523. The molecule has 1 aromatic rings. The Bertz CT molecular complexity index is 691. The molecule has 0 unspecified atom stereocenters. The Kier molecular flexibility index (Phi) is 4.33. The number of hydrogen-bond acceptors (Lipinski definition) is 4. The fourth-order valence-electron chi connectivity index (χ4n) is 1.57. The zero-order valence-electron chi connectivity index (χ0n) is 10.1. The van der Waals surface area contributed by atoms with Crippen LogP contribution in [-0.4, -0.2) is 32.7 Å². The van der Waals surface area contributed by atoms with Gasteiger partial charge in [-0.25, -0.2) is 13.2 Å². The zero-order chi connectivity index (χ0) is 15.7. The molecular weight excluding hydrogens is 327 g/mol. The van der Waals surface area contributed by atoms with Gasteiger partial charge in [-0.05, 0) is 18.2 Å². The molecule has 0 spiro atoms. The number of nitrogens with zero attached hydrogens (tertiary/aromatic N) is 1. The molecule has 9 heteroatoms. The molecule has 1 aromatic carbocycles. The largest absolute Gasteiger partial charge is 0.480 e. The molecule has 0 aromatic heterocycles. The van der Waals surface area contributed by atoms with Crippen LogP contribution in [0.4, 0.5) is 13.2 Å². The Morgan fingerprint density at radius 1 is 1.33 bits per heavy atom. The highest BCUT2D eigenvalue weighted by molar-refractivity contribution is 8.26. The van der Waals surface area contributed by atoms with E-state index >= 15 is 0 Å². The number of hydrogen-bond donors (Lipinski definition) is 1. The minimum atomic E-state index is -1.65. The van der Waals surface area contributed by atoms with Gasteiger partial charge in [-0.3, -0.25) is 14.5 Å². The molecule has 0 bridgehead atoms. The number of halogens is 3. The number of carbonyl (C=O) groups is 2. The molecule has 0 aliphatic carbocycles. The van der Waals surface area contributed by atoms with Gasteiger partial charge in [-0.1, -0.05) is 24.0 Å². The molecule has 2 rings (SSSR count). The van der Waals surface area contributed by atoms with Crippen molar-refractivity contribution in [3.05, 3.63) is 40.1 Å². The molecule has 0 saturated carbocycles. The Hall–Kier alpha value is -1.87. The maximum atomic E-state index is 13.5. The number of carboxylic acid groups (broad SMARTS) is 1. The normalized spacial score (nSPS) is 16.9. The summed E-state index contributed by atoms with van der Waals surface area (Å²) < 4.78 is 39.4. The van der Waals surface area contributed by atoms with E-state index in [2.05, 4.69) is 0 Å². The molecule has 1 N–H and O–H groups in total.